The van der Waals surface area contributed by atoms with Crippen molar-refractivity contribution >= 4 is 17.0 Å². The second kappa shape index (κ2) is 9.80. The fourth-order valence-electron chi connectivity index (χ4n) is 2.88. The molecule has 0 saturated heterocycles. The molecule has 1 atom stereocenters. The van der Waals surface area contributed by atoms with Gasteiger partial charge in [0.1, 0.15) is 11.8 Å². The highest BCUT2D eigenvalue weighted by Crippen LogP contribution is 2.15. The molecular weight excluding hydrogens is 354 g/mol. The maximum atomic E-state index is 11.6. The van der Waals surface area contributed by atoms with Crippen LogP contribution in [0.3, 0.4) is 0 Å². The third kappa shape index (κ3) is 5.50. The molecule has 0 amide bonds. The predicted octanol–water partition coefficient (Wildman–Crippen LogP) is 3.07. The summed E-state index contributed by atoms with van der Waals surface area (Å²) in [6.07, 6.45) is 3.89. The summed E-state index contributed by atoms with van der Waals surface area (Å²) >= 11 is 0. The number of carbonyl (C=O) groups excluding carboxylic acids is 1. The SMILES string of the molecule is CCOC(=O)C(N)Cc1ccc(OCCCc2ccc3cccnc3n2)cc1. The Kier molecular flexibility index (Phi) is 6.92. The average Bonchev–Trinajstić information content (AvgIpc) is 2.72. The second-order valence-corrected chi connectivity index (χ2v) is 6.51. The van der Waals surface area contributed by atoms with Crippen molar-refractivity contribution < 1.29 is 14.3 Å². The molecule has 2 aromatic heterocycles. The van der Waals surface area contributed by atoms with Crippen LogP contribution < -0.4 is 10.5 Å². The van der Waals surface area contributed by atoms with Crippen molar-refractivity contribution in [3.05, 3.63) is 66.0 Å². The van der Waals surface area contributed by atoms with Crippen LogP contribution in [-0.2, 0) is 22.4 Å². The number of benzene rings is 1. The monoisotopic (exact) mass is 379 g/mol. The number of nitrogens with two attached hydrogens (primary N) is 1. The number of ether oxygens (including phenoxy) is 2. The van der Waals surface area contributed by atoms with Crippen LogP contribution in [0.4, 0.5) is 0 Å². The van der Waals surface area contributed by atoms with Crippen LogP contribution in [0.15, 0.2) is 54.7 Å². The van der Waals surface area contributed by atoms with Gasteiger partial charge in [-0.15, -0.1) is 0 Å². The third-order valence-electron chi connectivity index (χ3n) is 4.34. The van der Waals surface area contributed by atoms with E-state index in [1.54, 1.807) is 13.1 Å². The Bertz CT molecular complexity index is 912. The molecule has 0 radical (unpaired) electrons. The van der Waals surface area contributed by atoms with E-state index in [1.807, 2.05) is 48.5 Å². The van der Waals surface area contributed by atoms with Gasteiger partial charge in [0.25, 0.3) is 0 Å². The fourth-order valence-corrected chi connectivity index (χ4v) is 2.88. The van der Waals surface area contributed by atoms with Gasteiger partial charge in [0, 0.05) is 17.3 Å². The molecule has 28 heavy (non-hydrogen) atoms. The highest BCUT2D eigenvalue weighted by Gasteiger charge is 2.14. The topological polar surface area (TPSA) is 87.3 Å². The first-order valence-corrected chi connectivity index (χ1v) is 9.50. The number of nitrogens with zero attached hydrogens (tertiary/aromatic N) is 2. The molecule has 1 unspecified atom stereocenters. The van der Waals surface area contributed by atoms with Crippen LogP contribution in [0, 0.1) is 0 Å². The van der Waals surface area contributed by atoms with Crippen LogP contribution in [0.25, 0.3) is 11.0 Å². The summed E-state index contributed by atoms with van der Waals surface area (Å²) < 4.78 is 10.7. The Morgan fingerprint density at radius 1 is 1.14 bits per heavy atom. The van der Waals surface area contributed by atoms with Crippen LogP contribution >= 0.6 is 0 Å². The second-order valence-electron chi connectivity index (χ2n) is 6.51. The molecule has 0 spiro atoms. The van der Waals surface area contributed by atoms with Crippen LogP contribution in [0.1, 0.15) is 24.6 Å². The molecule has 6 heteroatoms. The molecular formula is C22H25N3O3. The Morgan fingerprint density at radius 3 is 2.75 bits per heavy atom. The van der Waals surface area contributed by atoms with Gasteiger partial charge in [-0.1, -0.05) is 12.1 Å². The van der Waals surface area contributed by atoms with E-state index in [0.717, 1.165) is 40.9 Å². The quantitative estimate of drug-likeness (QED) is 0.454. The lowest BCUT2D eigenvalue weighted by Crippen LogP contribution is -2.34. The molecule has 2 N–H and O–H groups in total. The summed E-state index contributed by atoms with van der Waals surface area (Å²) in [5, 5.41) is 1.05. The molecule has 3 rings (SSSR count). The molecule has 6 nitrogen and oxygen atoms in total. The van der Waals surface area contributed by atoms with Gasteiger partial charge in [0.15, 0.2) is 5.65 Å². The van der Waals surface area contributed by atoms with E-state index in [4.69, 9.17) is 15.2 Å². The highest BCUT2D eigenvalue weighted by molar-refractivity contribution is 5.76. The van der Waals surface area contributed by atoms with E-state index >= 15 is 0 Å². The minimum absolute atomic E-state index is 0.338. The molecule has 0 saturated carbocycles. The van der Waals surface area contributed by atoms with Crippen LogP contribution in [0.2, 0.25) is 0 Å². The van der Waals surface area contributed by atoms with Crippen molar-refractivity contribution in [1.29, 1.82) is 0 Å². The number of hydrogen-bond acceptors (Lipinski definition) is 6. The summed E-state index contributed by atoms with van der Waals surface area (Å²) in [7, 11) is 0. The number of hydrogen-bond donors (Lipinski definition) is 1. The summed E-state index contributed by atoms with van der Waals surface area (Å²) in [5.41, 5.74) is 8.61. The van der Waals surface area contributed by atoms with Crippen molar-refractivity contribution in [2.24, 2.45) is 5.73 Å². The molecule has 146 valence electrons. The van der Waals surface area contributed by atoms with Crippen molar-refractivity contribution in [2.45, 2.75) is 32.2 Å². The van der Waals surface area contributed by atoms with Gasteiger partial charge in [-0.05, 0) is 68.1 Å². The van der Waals surface area contributed by atoms with Gasteiger partial charge < -0.3 is 15.2 Å². The maximum Gasteiger partial charge on any atom is 0.323 e. The molecule has 1 aromatic carbocycles. The minimum atomic E-state index is -0.643. The lowest BCUT2D eigenvalue weighted by molar-refractivity contribution is -0.144. The van der Waals surface area contributed by atoms with Gasteiger partial charge in [0.2, 0.25) is 0 Å². The number of aryl methyl sites for hydroxylation is 1. The minimum Gasteiger partial charge on any atom is -0.494 e. The van der Waals surface area contributed by atoms with Gasteiger partial charge in [-0.2, -0.15) is 0 Å². The Hall–Kier alpha value is -2.99. The lowest BCUT2D eigenvalue weighted by atomic mass is 10.1. The first kappa shape index (κ1) is 19.8. The number of aromatic nitrogens is 2. The van der Waals surface area contributed by atoms with Crippen LogP contribution in [0.5, 0.6) is 5.75 Å². The summed E-state index contributed by atoms with van der Waals surface area (Å²) in [6.45, 7) is 2.71. The van der Waals surface area contributed by atoms with Crippen molar-refractivity contribution in [1.82, 2.24) is 9.97 Å². The van der Waals surface area contributed by atoms with Gasteiger partial charge >= 0.3 is 5.97 Å². The summed E-state index contributed by atoms with van der Waals surface area (Å²) in [5.74, 6) is 0.418. The number of pyridine rings is 2. The first-order chi connectivity index (χ1) is 13.7. The molecule has 0 aliphatic heterocycles. The largest absolute Gasteiger partial charge is 0.494 e. The van der Waals surface area contributed by atoms with Crippen molar-refractivity contribution in [2.75, 3.05) is 13.2 Å². The first-order valence-electron chi connectivity index (χ1n) is 9.50. The lowest BCUT2D eigenvalue weighted by Gasteiger charge is -2.11. The van der Waals surface area contributed by atoms with E-state index in [0.29, 0.717) is 19.6 Å². The van der Waals surface area contributed by atoms with E-state index in [-0.39, 0.29) is 5.97 Å². The number of rotatable bonds is 9. The Morgan fingerprint density at radius 2 is 1.96 bits per heavy atom. The van der Waals surface area contributed by atoms with E-state index < -0.39 is 6.04 Å². The zero-order chi connectivity index (χ0) is 19.8. The van der Waals surface area contributed by atoms with Crippen LogP contribution in [-0.4, -0.2) is 35.2 Å². The van der Waals surface area contributed by atoms with E-state index in [1.165, 1.54) is 0 Å². The van der Waals surface area contributed by atoms with Gasteiger partial charge in [0.05, 0.1) is 13.2 Å². The van der Waals surface area contributed by atoms with E-state index in [9.17, 15) is 4.79 Å². The Balaban J connectivity index is 1.43. The normalized spacial score (nSPS) is 11.9. The molecule has 3 aromatic rings. The van der Waals surface area contributed by atoms with E-state index in [2.05, 4.69) is 9.97 Å². The molecule has 0 fully saturated rings. The third-order valence-corrected chi connectivity index (χ3v) is 4.34. The van der Waals surface area contributed by atoms with Gasteiger partial charge in [-0.25, -0.2) is 9.97 Å². The Labute approximate surface area is 164 Å². The standard InChI is InChI=1S/C22H25N3O3/c1-2-27-22(26)20(23)15-16-7-11-19(12-8-16)28-14-4-6-18-10-9-17-5-3-13-24-21(17)25-18/h3,5,7-13,20H,2,4,6,14-15,23H2,1H3. The number of esters is 1. The summed E-state index contributed by atoms with van der Waals surface area (Å²) in [4.78, 5) is 20.5. The average molecular weight is 379 g/mol. The zero-order valence-corrected chi connectivity index (χ0v) is 16.0. The highest BCUT2D eigenvalue weighted by atomic mass is 16.5. The molecule has 0 bridgehead atoms. The van der Waals surface area contributed by atoms with Crippen molar-refractivity contribution in [3.8, 4) is 5.75 Å². The predicted molar refractivity (Wildman–Crippen MR) is 108 cm³/mol. The smallest absolute Gasteiger partial charge is 0.323 e. The van der Waals surface area contributed by atoms with Crippen molar-refractivity contribution in [3.63, 3.8) is 0 Å². The zero-order valence-electron chi connectivity index (χ0n) is 16.0. The maximum absolute atomic E-state index is 11.6. The molecule has 0 aliphatic rings. The molecule has 2 heterocycles. The summed E-state index contributed by atoms with van der Waals surface area (Å²) in [6, 6.07) is 15.0. The number of carbonyl (C=O) groups is 1. The fraction of sp³-hybridized carbons (Fsp3) is 0.318. The number of fused-ring (bicyclic) bond motifs is 1. The molecule has 0 aliphatic carbocycles. The van der Waals surface area contributed by atoms with Gasteiger partial charge in [-0.3, -0.25) is 4.79 Å².